The molecule has 0 rings (SSSR count). The van der Waals surface area contributed by atoms with Crippen LogP contribution in [0.4, 0.5) is 0 Å². The predicted molar refractivity (Wildman–Crippen MR) is 336 cm³/mol. The fourth-order valence-electron chi connectivity index (χ4n) is 10.3. The summed E-state index contributed by atoms with van der Waals surface area (Å²) >= 11 is 4.62. The van der Waals surface area contributed by atoms with Gasteiger partial charge >= 0.3 is 7.75 Å². The average Bonchev–Trinajstić information content (AvgIpc) is 3.37. The maximum atomic E-state index is 13.9. The molecule has 0 fully saturated rings. The van der Waals surface area contributed by atoms with E-state index in [1.807, 2.05) is 0 Å². The molecular weight excluding hydrogens is 952 g/mol. The van der Waals surface area contributed by atoms with E-state index in [0.717, 1.165) is 42.7 Å². The van der Waals surface area contributed by atoms with E-state index in [4.69, 9.17) is 9.05 Å². The zero-order valence-electron chi connectivity index (χ0n) is 50.9. The Hall–Kier alpha value is 0.770. The largest absolute Gasteiger partial charge is 0.461 e. The number of nitrogens with zero attached hydrogens (tertiary/aromatic N) is 1. The molecule has 0 aromatic heterocycles. The lowest BCUT2D eigenvalue weighted by molar-refractivity contribution is -0.844. The van der Waals surface area contributed by atoms with E-state index in [-0.39, 0.29) is 0 Å². The van der Waals surface area contributed by atoms with Crippen LogP contribution in [0.25, 0.3) is 0 Å². The predicted octanol–water partition coefficient (Wildman–Crippen LogP) is 23.4. The molecule has 440 valence electrons. The lowest BCUT2D eigenvalue weighted by Crippen LogP contribution is -2.38. The third-order valence-electron chi connectivity index (χ3n) is 15.3. The Balaban J connectivity index is 4.55. The van der Waals surface area contributed by atoms with E-state index in [9.17, 15) is 4.57 Å². The van der Waals surface area contributed by atoms with Gasteiger partial charge in [0, 0.05) is 24.6 Å². The third kappa shape index (κ3) is 58.7. The highest BCUT2D eigenvalue weighted by molar-refractivity contribution is 8.00. The lowest BCUT2D eigenvalue weighted by atomic mass is 10.0. The molecule has 0 aromatic rings. The monoisotopic (exact) mass is 1090 g/mol. The summed E-state index contributed by atoms with van der Waals surface area (Å²) in [6.07, 6.45) is 68.7. The van der Waals surface area contributed by atoms with Crippen LogP contribution in [-0.2, 0) is 13.6 Å². The minimum absolute atomic E-state index is 0.501. The van der Waals surface area contributed by atoms with Crippen molar-refractivity contribution < 1.29 is 18.1 Å². The molecule has 0 saturated heterocycles. The number of unbranched alkanes of at least 4 members (excludes halogenated alkanes) is 40. The van der Waals surface area contributed by atoms with E-state index in [2.05, 4.69) is 77.4 Å². The van der Waals surface area contributed by atoms with Crippen LogP contribution in [0.15, 0.2) is 0 Å². The highest BCUT2D eigenvalue weighted by atomic mass is 32.2. The SMILES string of the molecule is [CH2-][N+](C)(C)CCNP(=O)(OCCCCCCCCC(CCCCCCCCC)SCCCCCCCCCCCC)OCCCCCCCCC(CCCCCCCCC)SCCCCCCCCCCCC. The zero-order valence-corrected chi connectivity index (χ0v) is 53.4. The molecule has 0 spiro atoms. The van der Waals surface area contributed by atoms with E-state index < -0.39 is 7.75 Å². The minimum Gasteiger partial charge on any atom is -0.461 e. The molecule has 0 saturated carbocycles. The van der Waals surface area contributed by atoms with Crippen molar-refractivity contribution in [2.45, 2.75) is 359 Å². The average molecular weight is 1090 g/mol. The highest BCUT2D eigenvalue weighted by Gasteiger charge is 2.24. The standard InChI is InChI=1S/C65H135N2O3PS2/c1-8-12-16-20-24-26-28-36-44-52-62-72-64(54-46-38-30-22-18-14-10-3)56-48-40-32-34-42-50-60-69-71(68,66-58-59-67(5,6)7)70-61-51-43-35-33-41-49-57-65(55-47-39-31-23-19-15-11-4)73-63-53-45-37-29-27-25-21-17-13-9-2/h64-65H,5,8-63H2,1-4,6-7H3,(H,66,68). The summed E-state index contributed by atoms with van der Waals surface area (Å²) in [5.41, 5.74) is 0. The van der Waals surface area contributed by atoms with Crippen molar-refractivity contribution in [1.29, 1.82) is 0 Å². The van der Waals surface area contributed by atoms with Gasteiger partial charge in [-0.25, -0.2) is 9.65 Å². The summed E-state index contributed by atoms with van der Waals surface area (Å²) in [4.78, 5) is 0. The molecule has 8 heteroatoms. The number of rotatable bonds is 64. The van der Waals surface area contributed by atoms with Crippen LogP contribution < -0.4 is 5.09 Å². The van der Waals surface area contributed by atoms with E-state index in [1.54, 1.807) is 0 Å². The smallest absolute Gasteiger partial charge is 0.405 e. The zero-order chi connectivity index (χ0) is 53.3. The maximum absolute atomic E-state index is 13.9. The van der Waals surface area contributed by atoms with Crippen LogP contribution in [-0.4, -0.2) is 66.9 Å². The van der Waals surface area contributed by atoms with Crippen molar-refractivity contribution >= 4 is 31.3 Å². The van der Waals surface area contributed by atoms with Gasteiger partial charge in [0.05, 0.1) is 26.3 Å². The van der Waals surface area contributed by atoms with Crippen molar-refractivity contribution in [3.8, 4) is 0 Å². The fraction of sp³-hybridized carbons (Fsp3) is 0.985. The van der Waals surface area contributed by atoms with Crippen LogP contribution in [0.1, 0.15) is 349 Å². The first kappa shape index (κ1) is 73.8. The molecule has 5 nitrogen and oxygen atoms in total. The minimum atomic E-state index is -3.34. The normalized spacial score (nSPS) is 13.8. The molecule has 0 bridgehead atoms. The molecule has 0 radical (unpaired) electrons. The van der Waals surface area contributed by atoms with Gasteiger partial charge in [-0.15, -0.1) is 7.05 Å². The van der Waals surface area contributed by atoms with Crippen molar-refractivity contribution in [1.82, 2.24) is 5.09 Å². The van der Waals surface area contributed by atoms with Gasteiger partial charge in [-0.05, 0) is 62.9 Å². The summed E-state index contributed by atoms with van der Waals surface area (Å²) in [5, 5.41) is 4.91. The molecule has 0 aliphatic rings. The second-order valence-electron chi connectivity index (χ2n) is 23.7. The lowest BCUT2D eigenvalue weighted by Gasteiger charge is -2.33. The second-order valence-corrected chi connectivity index (χ2v) is 28.4. The third-order valence-corrected chi connectivity index (χ3v) is 19.9. The molecule has 2 atom stereocenters. The number of hydrogen-bond donors (Lipinski definition) is 1. The van der Waals surface area contributed by atoms with Gasteiger partial charge in [-0.3, -0.25) is 9.05 Å². The van der Waals surface area contributed by atoms with Crippen LogP contribution >= 0.6 is 31.3 Å². The molecule has 2 unspecified atom stereocenters. The summed E-state index contributed by atoms with van der Waals surface area (Å²) in [5.74, 6) is 2.73. The van der Waals surface area contributed by atoms with Crippen LogP contribution in [0.5, 0.6) is 0 Å². The summed E-state index contributed by atoms with van der Waals surface area (Å²) in [6.45, 7) is 11.6. The van der Waals surface area contributed by atoms with E-state index in [0.29, 0.717) is 24.2 Å². The molecule has 0 aliphatic carbocycles. The number of thioether (sulfide) groups is 2. The summed E-state index contributed by atoms with van der Waals surface area (Å²) in [7, 11) is 4.99. The van der Waals surface area contributed by atoms with Gasteiger partial charge in [-0.2, -0.15) is 23.5 Å². The summed E-state index contributed by atoms with van der Waals surface area (Å²) in [6, 6.07) is 0. The number of likely N-dealkylation sites (N-methyl/N-ethyl adjacent to an activating group) is 1. The first-order valence-electron chi connectivity index (χ1n) is 33.2. The Morgan fingerprint density at radius 2 is 0.603 bits per heavy atom. The molecule has 0 amide bonds. The first-order chi connectivity index (χ1) is 35.7. The highest BCUT2D eigenvalue weighted by Crippen LogP contribution is 2.44. The van der Waals surface area contributed by atoms with Crippen LogP contribution in [0, 0.1) is 7.05 Å². The molecule has 73 heavy (non-hydrogen) atoms. The topological polar surface area (TPSA) is 47.6 Å². The Kier molecular flexibility index (Phi) is 59.5. The first-order valence-corrected chi connectivity index (χ1v) is 36.9. The van der Waals surface area contributed by atoms with Gasteiger partial charge in [0.1, 0.15) is 0 Å². The van der Waals surface area contributed by atoms with Crippen molar-refractivity contribution in [3.63, 3.8) is 0 Å². The van der Waals surface area contributed by atoms with Crippen molar-refractivity contribution in [2.24, 2.45) is 0 Å². The quantitative estimate of drug-likeness (QED) is 0.0283. The van der Waals surface area contributed by atoms with Crippen LogP contribution in [0.3, 0.4) is 0 Å². The Morgan fingerprint density at radius 1 is 0.370 bits per heavy atom. The second kappa shape index (κ2) is 58.9. The number of hydrogen-bond acceptors (Lipinski definition) is 5. The fourth-order valence-corrected chi connectivity index (χ4v) is 14.4. The molecule has 0 heterocycles. The van der Waals surface area contributed by atoms with Gasteiger partial charge in [0.15, 0.2) is 0 Å². The number of nitrogens with one attached hydrogen (secondary N) is 1. The van der Waals surface area contributed by atoms with Gasteiger partial charge in [0.25, 0.3) is 0 Å². The molecule has 0 aliphatic heterocycles. The molecule has 0 aromatic carbocycles. The van der Waals surface area contributed by atoms with Crippen molar-refractivity contribution in [3.05, 3.63) is 7.05 Å². The van der Waals surface area contributed by atoms with Gasteiger partial charge in [-0.1, -0.05) is 297 Å². The van der Waals surface area contributed by atoms with Gasteiger partial charge in [0.2, 0.25) is 0 Å². The molecular formula is C65H135N2O3PS2. The number of quaternary nitrogens is 1. The Bertz CT molecular complexity index is 1020. The van der Waals surface area contributed by atoms with E-state index >= 15 is 0 Å². The van der Waals surface area contributed by atoms with E-state index in [1.165, 1.54) is 307 Å². The Labute approximate surface area is 470 Å². The van der Waals surface area contributed by atoms with Crippen molar-refractivity contribution in [2.75, 3.05) is 51.9 Å². The maximum Gasteiger partial charge on any atom is 0.405 e. The Morgan fingerprint density at radius 3 is 0.863 bits per heavy atom. The van der Waals surface area contributed by atoms with Crippen LogP contribution in [0.2, 0.25) is 0 Å². The van der Waals surface area contributed by atoms with Gasteiger partial charge < -0.3 is 4.48 Å². The molecule has 1 N–H and O–H groups in total. The summed E-state index contributed by atoms with van der Waals surface area (Å²) < 4.78 is 26.6.